The van der Waals surface area contributed by atoms with Gasteiger partial charge in [-0.3, -0.25) is 9.59 Å². The molecule has 1 unspecified atom stereocenters. The Bertz CT molecular complexity index is 1110. The number of amides is 1. The zero-order chi connectivity index (χ0) is 24.5. The van der Waals surface area contributed by atoms with Crippen LogP contribution in [0.2, 0.25) is 0 Å². The Hall–Kier alpha value is -3.10. The topological polar surface area (TPSA) is 169 Å². The van der Waals surface area contributed by atoms with Crippen LogP contribution in [0.3, 0.4) is 0 Å². The van der Waals surface area contributed by atoms with Crippen molar-refractivity contribution in [2.24, 2.45) is 0 Å². The first kappa shape index (κ1) is 28.9. The number of aliphatic hydroxyl groups is 1. The molecule has 0 heterocycles. The number of aromatic hydroxyl groups is 1. The van der Waals surface area contributed by atoms with Gasteiger partial charge in [0.05, 0.1) is 22.5 Å². The van der Waals surface area contributed by atoms with Crippen LogP contribution in [0.5, 0.6) is 11.5 Å². The van der Waals surface area contributed by atoms with Crippen molar-refractivity contribution in [1.29, 1.82) is 5.26 Å². The Morgan fingerprint density at radius 3 is 2.47 bits per heavy atom. The molecule has 2 rings (SSSR count). The van der Waals surface area contributed by atoms with Gasteiger partial charge in [-0.25, -0.2) is 4.79 Å². The second-order valence-corrected chi connectivity index (χ2v) is 7.19. The van der Waals surface area contributed by atoms with Crippen molar-refractivity contribution >= 4 is 29.0 Å². The summed E-state index contributed by atoms with van der Waals surface area (Å²) in [6.07, 6.45) is 0.177. The summed E-state index contributed by atoms with van der Waals surface area (Å²) in [5, 5.41) is 43.9. The number of phenolic OH excluding ortho intramolecular Hbond substituents is 1. The molecule has 10 nitrogen and oxygen atoms in total. The van der Waals surface area contributed by atoms with Gasteiger partial charge in [0.15, 0.2) is 5.78 Å². The Labute approximate surface area is 220 Å². The summed E-state index contributed by atoms with van der Waals surface area (Å²) in [5.74, 6) is -3.01. The molecule has 0 spiro atoms. The third-order valence-electron chi connectivity index (χ3n) is 4.70. The SMILES string of the molecule is CCCc1c(OCC(O)CNc2cccc(NC(=O)C(=O)O)c2C#N)ccc(C(C)=O)c1O.[H-].[Na+]. The number of aliphatic carboxylic acids is 1. The van der Waals surface area contributed by atoms with Crippen LogP contribution < -0.4 is 44.9 Å². The molecule has 176 valence electrons. The number of phenols is 1. The summed E-state index contributed by atoms with van der Waals surface area (Å²) in [5.41, 5.74) is 1.00. The fraction of sp³-hybridized carbons (Fsp3) is 0.304. The number of hydrogen-bond acceptors (Lipinski definition) is 8. The van der Waals surface area contributed by atoms with Crippen LogP contribution in [0.1, 0.15) is 43.2 Å². The Morgan fingerprint density at radius 2 is 1.88 bits per heavy atom. The number of anilines is 2. The number of carboxylic acid groups (broad SMARTS) is 1. The van der Waals surface area contributed by atoms with Gasteiger partial charge in [0.1, 0.15) is 30.3 Å². The maximum absolute atomic E-state index is 11.7. The van der Waals surface area contributed by atoms with Crippen molar-refractivity contribution in [2.75, 3.05) is 23.8 Å². The van der Waals surface area contributed by atoms with Crippen molar-refractivity contribution in [3.05, 3.63) is 47.0 Å². The Morgan fingerprint density at radius 1 is 1.21 bits per heavy atom. The van der Waals surface area contributed by atoms with E-state index in [1.807, 2.05) is 13.0 Å². The van der Waals surface area contributed by atoms with Gasteiger partial charge in [0, 0.05) is 12.1 Å². The minimum Gasteiger partial charge on any atom is -1.00 e. The second kappa shape index (κ2) is 13.6. The molecule has 1 atom stereocenters. The largest absolute Gasteiger partial charge is 1.00 e. The summed E-state index contributed by atoms with van der Waals surface area (Å²) in [4.78, 5) is 33.8. The molecule has 0 radical (unpaired) electrons. The van der Waals surface area contributed by atoms with E-state index in [-0.39, 0.29) is 78.2 Å². The van der Waals surface area contributed by atoms with E-state index in [1.54, 1.807) is 12.1 Å². The van der Waals surface area contributed by atoms with Crippen LogP contribution in [0.15, 0.2) is 30.3 Å². The summed E-state index contributed by atoms with van der Waals surface area (Å²) in [6.45, 7) is 3.12. The van der Waals surface area contributed by atoms with E-state index in [2.05, 4.69) is 10.6 Å². The van der Waals surface area contributed by atoms with Gasteiger partial charge in [-0.15, -0.1) is 0 Å². The number of Topliss-reactive ketones (excluding diaryl/α,β-unsaturated/α-hetero) is 1. The van der Waals surface area contributed by atoms with Gasteiger partial charge < -0.3 is 32.1 Å². The van der Waals surface area contributed by atoms with Crippen LogP contribution in [-0.4, -0.2) is 52.2 Å². The van der Waals surface area contributed by atoms with Crippen LogP contribution in [0.4, 0.5) is 11.4 Å². The number of nitriles is 1. The molecule has 0 aliphatic carbocycles. The molecule has 0 aliphatic heterocycles. The predicted octanol–water partition coefficient (Wildman–Crippen LogP) is -0.590. The molecule has 0 aliphatic rings. The van der Waals surface area contributed by atoms with Gasteiger partial charge >= 0.3 is 41.4 Å². The van der Waals surface area contributed by atoms with E-state index in [4.69, 9.17) is 9.84 Å². The maximum atomic E-state index is 11.7. The van der Waals surface area contributed by atoms with E-state index in [1.165, 1.54) is 25.1 Å². The third kappa shape index (κ3) is 7.46. The zero-order valence-electron chi connectivity index (χ0n) is 20.2. The molecular weight excluding hydrogens is 453 g/mol. The fourth-order valence-electron chi connectivity index (χ4n) is 3.10. The van der Waals surface area contributed by atoms with Gasteiger partial charge in [-0.2, -0.15) is 5.26 Å². The monoisotopic (exact) mass is 479 g/mol. The van der Waals surface area contributed by atoms with Crippen LogP contribution in [0, 0.1) is 11.3 Å². The summed E-state index contributed by atoms with van der Waals surface area (Å²) in [6, 6.07) is 9.37. The minimum absolute atomic E-state index is 0. The Kier molecular flexibility index (Phi) is 11.5. The van der Waals surface area contributed by atoms with Gasteiger partial charge in [-0.1, -0.05) is 19.4 Å². The molecule has 2 aromatic carbocycles. The van der Waals surface area contributed by atoms with Crippen molar-refractivity contribution in [2.45, 2.75) is 32.8 Å². The second-order valence-electron chi connectivity index (χ2n) is 7.19. The molecule has 5 N–H and O–H groups in total. The zero-order valence-corrected chi connectivity index (χ0v) is 21.2. The number of ketones is 1. The summed E-state index contributed by atoms with van der Waals surface area (Å²) in [7, 11) is 0. The van der Waals surface area contributed by atoms with Crippen molar-refractivity contribution in [3.63, 3.8) is 0 Å². The van der Waals surface area contributed by atoms with Gasteiger partial charge in [-0.05, 0) is 37.6 Å². The smallest absolute Gasteiger partial charge is 1.00 e. The molecule has 0 saturated heterocycles. The van der Waals surface area contributed by atoms with E-state index in [9.17, 15) is 29.9 Å². The molecule has 34 heavy (non-hydrogen) atoms. The maximum Gasteiger partial charge on any atom is 1.00 e. The molecule has 0 saturated carbocycles. The molecule has 2 aromatic rings. The van der Waals surface area contributed by atoms with E-state index in [0.29, 0.717) is 24.2 Å². The number of carbonyl (C=O) groups excluding carboxylic acids is 2. The molecular formula is C23H26N3NaO7. The van der Waals surface area contributed by atoms with Crippen LogP contribution >= 0.6 is 0 Å². The predicted molar refractivity (Wildman–Crippen MR) is 121 cm³/mol. The number of nitrogens with one attached hydrogen (secondary N) is 2. The number of nitrogens with zero attached hydrogens (tertiary/aromatic N) is 1. The molecule has 1 amide bonds. The third-order valence-corrected chi connectivity index (χ3v) is 4.70. The van der Waals surface area contributed by atoms with E-state index < -0.39 is 18.0 Å². The number of hydrogen-bond donors (Lipinski definition) is 5. The number of benzene rings is 2. The molecule has 11 heteroatoms. The average molecular weight is 479 g/mol. The summed E-state index contributed by atoms with van der Waals surface area (Å²) >= 11 is 0. The van der Waals surface area contributed by atoms with Crippen molar-refractivity contribution < 1.29 is 65.4 Å². The number of ether oxygens (including phenoxy) is 1. The normalized spacial score (nSPS) is 10.9. The van der Waals surface area contributed by atoms with Crippen LogP contribution in [0.25, 0.3) is 0 Å². The van der Waals surface area contributed by atoms with Crippen molar-refractivity contribution in [3.8, 4) is 17.6 Å². The molecule has 0 bridgehead atoms. The number of carbonyl (C=O) groups is 3. The minimum atomic E-state index is -1.69. The number of rotatable bonds is 10. The number of aliphatic hydroxyl groups excluding tert-OH is 1. The summed E-state index contributed by atoms with van der Waals surface area (Å²) < 4.78 is 5.67. The first-order valence-electron chi connectivity index (χ1n) is 10.2. The average Bonchev–Trinajstić information content (AvgIpc) is 2.77. The standard InChI is InChI=1S/C23H25N3O7.Na.H/c1-3-5-16-20(9-8-15(13(2)27)21(16)29)33-12-14(28)11-25-18-6-4-7-19(17(18)10-24)26-22(30)23(31)32;;/h4,6-9,14,25,28-29H,3,5,11-12H2,1-2H3,(H,26,30)(H,31,32);;/q;+1;-1. The Balaban J connectivity index is 0.00000578. The first-order valence-corrected chi connectivity index (χ1v) is 10.2. The number of carboxylic acids is 1. The molecule has 0 aromatic heterocycles. The van der Waals surface area contributed by atoms with Gasteiger partial charge in [0.2, 0.25) is 0 Å². The quantitative estimate of drug-likeness (QED) is 0.170. The fourth-order valence-corrected chi connectivity index (χ4v) is 3.10. The van der Waals surface area contributed by atoms with Gasteiger partial charge in [0.25, 0.3) is 0 Å². The molecule has 0 fully saturated rings. The first-order chi connectivity index (χ1) is 15.7. The van der Waals surface area contributed by atoms with Crippen LogP contribution in [-0.2, 0) is 16.0 Å². The van der Waals surface area contributed by atoms with E-state index >= 15 is 0 Å². The van der Waals surface area contributed by atoms with E-state index in [0.717, 1.165) is 0 Å². The van der Waals surface area contributed by atoms with Crippen molar-refractivity contribution in [1.82, 2.24) is 0 Å².